The van der Waals surface area contributed by atoms with Gasteiger partial charge in [0, 0.05) is 17.1 Å². The van der Waals surface area contributed by atoms with E-state index in [9.17, 15) is 13.2 Å². The summed E-state index contributed by atoms with van der Waals surface area (Å²) in [6, 6.07) is 0.0247. The Morgan fingerprint density at radius 3 is 2.48 bits per heavy atom. The van der Waals surface area contributed by atoms with Gasteiger partial charge in [-0.3, -0.25) is 0 Å². The van der Waals surface area contributed by atoms with Crippen molar-refractivity contribution in [3.63, 3.8) is 0 Å². The lowest BCUT2D eigenvalue weighted by atomic mass is 9.91. The van der Waals surface area contributed by atoms with Crippen LogP contribution in [-0.4, -0.2) is 11.5 Å². The second kappa shape index (κ2) is 7.58. The Balaban J connectivity index is 2.16. The van der Waals surface area contributed by atoms with Crippen molar-refractivity contribution >= 4 is 11.3 Å². The van der Waals surface area contributed by atoms with Crippen molar-refractivity contribution in [2.24, 2.45) is 5.92 Å². The highest BCUT2D eigenvalue weighted by atomic mass is 32.1. The molecule has 1 N–H and O–H groups in total. The minimum Gasteiger partial charge on any atom is -0.309 e. The van der Waals surface area contributed by atoms with Crippen LogP contribution in [0.4, 0.5) is 13.2 Å². The van der Waals surface area contributed by atoms with Crippen molar-refractivity contribution < 1.29 is 13.2 Å². The molecule has 1 atom stereocenters. The maximum atomic E-state index is 12.8. The molecule has 0 aromatic carbocycles. The number of aromatic nitrogens is 1. The van der Waals surface area contributed by atoms with E-state index in [-0.39, 0.29) is 6.04 Å². The average molecular weight is 320 g/mol. The molecular formula is C15H23F3N2S. The van der Waals surface area contributed by atoms with Crippen LogP contribution in [0, 0.1) is 5.92 Å². The zero-order chi connectivity index (χ0) is 15.3. The van der Waals surface area contributed by atoms with Crippen LogP contribution in [0.15, 0.2) is 6.20 Å². The second-order valence-electron chi connectivity index (χ2n) is 5.75. The molecule has 1 saturated carbocycles. The predicted octanol–water partition coefficient (Wildman–Crippen LogP) is 5.17. The zero-order valence-corrected chi connectivity index (χ0v) is 13.2. The molecule has 0 amide bonds. The fourth-order valence-corrected chi connectivity index (χ4v) is 3.96. The fourth-order valence-electron chi connectivity index (χ4n) is 3.01. The Morgan fingerprint density at radius 2 is 1.95 bits per heavy atom. The lowest BCUT2D eigenvalue weighted by Gasteiger charge is -2.26. The number of nitrogens with zero attached hydrogens (tertiary/aromatic N) is 1. The van der Waals surface area contributed by atoms with Crippen molar-refractivity contribution in [2.45, 2.75) is 64.1 Å². The van der Waals surface area contributed by atoms with Gasteiger partial charge in [-0.1, -0.05) is 32.6 Å². The summed E-state index contributed by atoms with van der Waals surface area (Å²) >= 11 is 0.800. The summed E-state index contributed by atoms with van der Waals surface area (Å²) in [5.41, 5.74) is 0. The molecule has 6 heteroatoms. The molecule has 1 aromatic rings. The summed E-state index contributed by atoms with van der Waals surface area (Å²) in [6.45, 7) is 2.91. The molecule has 1 fully saturated rings. The third-order valence-electron chi connectivity index (χ3n) is 4.06. The van der Waals surface area contributed by atoms with Crippen LogP contribution in [0.1, 0.15) is 67.8 Å². The first-order chi connectivity index (χ1) is 10.0. The second-order valence-corrected chi connectivity index (χ2v) is 6.81. The normalized spacial score (nSPS) is 19.4. The lowest BCUT2D eigenvalue weighted by Crippen LogP contribution is -2.28. The Kier molecular flexibility index (Phi) is 6.05. The molecule has 0 bridgehead atoms. The van der Waals surface area contributed by atoms with Gasteiger partial charge >= 0.3 is 6.18 Å². The summed E-state index contributed by atoms with van der Waals surface area (Å²) in [5, 5.41) is 2.72. The van der Waals surface area contributed by atoms with Crippen molar-refractivity contribution in [1.29, 1.82) is 0 Å². The monoisotopic (exact) mass is 320 g/mol. The van der Waals surface area contributed by atoms with Gasteiger partial charge in [0.2, 0.25) is 0 Å². The zero-order valence-electron chi connectivity index (χ0n) is 12.4. The van der Waals surface area contributed by atoms with Crippen LogP contribution < -0.4 is 5.32 Å². The van der Waals surface area contributed by atoms with Crippen molar-refractivity contribution in [1.82, 2.24) is 10.3 Å². The van der Waals surface area contributed by atoms with E-state index in [4.69, 9.17) is 0 Å². The first-order valence-electron chi connectivity index (χ1n) is 7.78. The Bertz CT molecular complexity index is 423. The standard InChI is InChI=1S/C15H23F3N2S/c1-2-9-19-13(11-7-5-3-4-6-8-11)12-10-20-14(21-12)15(16,17)18/h10-11,13,19H,2-9H2,1H3. The first kappa shape index (κ1) is 16.7. The third-order valence-corrected chi connectivity index (χ3v) is 5.18. The minimum atomic E-state index is -4.33. The Morgan fingerprint density at radius 1 is 1.29 bits per heavy atom. The molecule has 0 aliphatic heterocycles. The number of halogens is 3. The lowest BCUT2D eigenvalue weighted by molar-refractivity contribution is -0.137. The van der Waals surface area contributed by atoms with Gasteiger partial charge in [-0.15, -0.1) is 11.3 Å². The molecule has 2 nitrogen and oxygen atoms in total. The molecule has 1 aliphatic rings. The van der Waals surface area contributed by atoms with Crippen LogP contribution in [-0.2, 0) is 6.18 Å². The first-order valence-corrected chi connectivity index (χ1v) is 8.60. The molecular weight excluding hydrogens is 297 g/mol. The predicted molar refractivity (Wildman–Crippen MR) is 79.3 cm³/mol. The Hall–Kier alpha value is -0.620. The van der Waals surface area contributed by atoms with E-state index in [1.165, 1.54) is 31.9 Å². The molecule has 0 spiro atoms. The molecule has 0 radical (unpaired) electrons. The van der Waals surface area contributed by atoms with Crippen molar-refractivity contribution in [2.75, 3.05) is 6.54 Å². The topological polar surface area (TPSA) is 24.9 Å². The smallest absolute Gasteiger partial charge is 0.309 e. The van der Waals surface area contributed by atoms with E-state index in [0.29, 0.717) is 5.92 Å². The van der Waals surface area contributed by atoms with Gasteiger partial charge in [0.1, 0.15) is 0 Å². The van der Waals surface area contributed by atoms with E-state index >= 15 is 0 Å². The van der Waals surface area contributed by atoms with Gasteiger partial charge in [-0.25, -0.2) is 4.98 Å². The van der Waals surface area contributed by atoms with Crippen LogP contribution in [0.5, 0.6) is 0 Å². The Labute approximate surface area is 128 Å². The highest BCUT2D eigenvalue weighted by Crippen LogP contribution is 2.39. The number of nitrogens with one attached hydrogen (secondary N) is 1. The molecule has 120 valence electrons. The van der Waals surface area contributed by atoms with E-state index in [1.807, 2.05) is 0 Å². The number of rotatable bonds is 5. The summed E-state index contributed by atoms with van der Waals surface area (Å²) in [7, 11) is 0. The summed E-state index contributed by atoms with van der Waals surface area (Å²) in [6.07, 6.45) is 5.11. The number of thiazole rings is 1. The SMILES string of the molecule is CCCNC(c1cnc(C(F)(F)F)s1)C1CCCCCC1. The van der Waals surface area contributed by atoms with Crippen molar-refractivity contribution in [3.8, 4) is 0 Å². The maximum absolute atomic E-state index is 12.8. The maximum Gasteiger partial charge on any atom is 0.443 e. The van der Waals surface area contributed by atoms with E-state index in [2.05, 4.69) is 17.2 Å². The molecule has 2 rings (SSSR count). The van der Waals surface area contributed by atoms with Crippen LogP contribution >= 0.6 is 11.3 Å². The van der Waals surface area contributed by atoms with Crippen LogP contribution in [0.3, 0.4) is 0 Å². The number of hydrogen-bond acceptors (Lipinski definition) is 3. The fraction of sp³-hybridized carbons (Fsp3) is 0.800. The van der Waals surface area contributed by atoms with Gasteiger partial charge in [0.25, 0.3) is 0 Å². The van der Waals surface area contributed by atoms with Gasteiger partial charge in [-0.05, 0) is 31.7 Å². The quantitative estimate of drug-likeness (QED) is 0.757. The molecule has 1 aliphatic carbocycles. The number of hydrogen-bond donors (Lipinski definition) is 1. The number of alkyl halides is 3. The third kappa shape index (κ3) is 4.68. The van der Waals surface area contributed by atoms with Gasteiger partial charge in [0.15, 0.2) is 5.01 Å². The average Bonchev–Trinajstić information content (AvgIpc) is 2.77. The van der Waals surface area contributed by atoms with Gasteiger partial charge in [-0.2, -0.15) is 13.2 Å². The minimum absolute atomic E-state index is 0.0247. The molecule has 1 aromatic heterocycles. The van der Waals surface area contributed by atoms with Crippen LogP contribution in [0.25, 0.3) is 0 Å². The molecule has 0 saturated heterocycles. The highest BCUT2D eigenvalue weighted by molar-refractivity contribution is 7.11. The summed E-state index contributed by atoms with van der Waals surface area (Å²) in [5.74, 6) is 0.431. The summed E-state index contributed by atoms with van der Waals surface area (Å²) in [4.78, 5) is 4.33. The molecule has 1 heterocycles. The van der Waals surface area contributed by atoms with Crippen molar-refractivity contribution in [3.05, 3.63) is 16.1 Å². The van der Waals surface area contributed by atoms with E-state index < -0.39 is 11.2 Å². The molecule has 21 heavy (non-hydrogen) atoms. The van der Waals surface area contributed by atoms with Gasteiger partial charge < -0.3 is 5.32 Å². The van der Waals surface area contributed by atoms with Gasteiger partial charge in [0.05, 0.1) is 0 Å². The summed E-state index contributed by atoms with van der Waals surface area (Å²) < 4.78 is 38.3. The molecule has 1 unspecified atom stereocenters. The van der Waals surface area contributed by atoms with Crippen LogP contribution in [0.2, 0.25) is 0 Å². The van der Waals surface area contributed by atoms with E-state index in [0.717, 1.165) is 42.0 Å². The highest BCUT2D eigenvalue weighted by Gasteiger charge is 2.36. The van der Waals surface area contributed by atoms with E-state index in [1.54, 1.807) is 0 Å². The largest absolute Gasteiger partial charge is 0.443 e.